The number of anilines is 2. The molecule has 0 bridgehead atoms. The highest BCUT2D eigenvalue weighted by molar-refractivity contribution is 9.10. The van der Waals surface area contributed by atoms with Crippen LogP contribution in [0.5, 0.6) is 0 Å². The third kappa shape index (κ3) is 2.76. The van der Waals surface area contributed by atoms with E-state index in [9.17, 15) is 0 Å². The van der Waals surface area contributed by atoms with Crippen LogP contribution in [0, 0.1) is 11.3 Å². The molecule has 0 unspecified atom stereocenters. The van der Waals surface area contributed by atoms with Crippen LogP contribution < -0.4 is 5.32 Å². The highest BCUT2D eigenvalue weighted by atomic mass is 79.9. The molecule has 1 aromatic heterocycles. The molecule has 0 saturated carbocycles. The predicted octanol–water partition coefficient (Wildman–Crippen LogP) is 4.11. The Kier molecular flexibility index (Phi) is 3.62. The van der Waals surface area contributed by atoms with Gasteiger partial charge < -0.3 is 5.32 Å². The standard InChI is InChI=1S/C12H7BrClN3/c13-10-6-9(3-4-11(10)14)17-12-8(7-15)2-1-5-16-12/h1-6H,(H,16,17). The van der Waals surface area contributed by atoms with Crippen molar-refractivity contribution in [2.45, 2.75) is 0 Å². The summed E-state index contributed by atoms with van der Waals surface area (Å²) in [5, 5.41) is 12.6. The lowest BCUT2D eigenvalue weighted by molar-refractivity contribution is 1.28. The minimum atomic E-state index is 0.499. The summed E-state index contributed by atoms with van der Waals surface area (Å²) in [7, 11) is 0. The van der Waals surface area contributed by atoms with Crippen molar-refractivity contribution in [1.29, 1.82) is 5.26 Å². The normalized spacial score (nSPS) is 9.71. The number of rotatable bonds is 2. The summed E-state index contributed by atoms with van der Waals surface area (Å²) in [5.41, 5.74) is 1.31. The molecule has 17 heavy (non-hydrogen) atoms. The van der Waals surface area contributed by atoms with Crippen molar-refractivity contribution in [3.05, 3.63) is 51.6 Å². The van der Waals surface area contributed by atoms with Crippen LogP contribution in [0.2, 0.25) is 5.02 Å². The maximum atomic E-state index is 8.93. The van der Waals surface area contributed by atoms with Crippen LogP contribution in [0.25, 0.3) is 0 Å². The van der Waals surface area contributed by atoms with Crippen molar-refractivity contribution in [2.24, 2.45) is 0 Å². The first-order valence-electron chi connectivity index (χ1n) is 4.78. The van der Waals surface area contributed by atoms with Gasteiger partial charge in [0.1, 0.15) is 11.9 Å². The first kappa shape index (κ1) is 11.9. The number of pyridine rings is 1. The summed E-state index contributed by atoms with van der Waals surface area (Å²) in [6.45, 7) is 0. The number of benzene rings is 1. The zero-order valence-corrected chi connectivity index (χ0v) is 11.0. The second-order valence-electron chi connectivity index (χ2n) is 3.27. The van der Waals surface area contributed by atoms with E-state index in [1.165, 1.54) is 0 Å². The van der Waals surface area contributed by atoms with E-state index in [1.807, 2.05) is 12.1 Å². The minimum absolute atomic E-state index is 0.499. The van der Waals surface area contributed by atoms with Gasteiger partial charge in [0.25, 0.3) is 0 Å². The van der Waals surface area contributed by atoms with Crippen molar-refractivity contribution in [3.63, 3.8) is 0 Å². The molecule has 1 aromatic carbocycles. The Balaban J connectivity index is 2.32. The molecule has 2 aromatic rings. The van der Waals surface area contributed by atoms with Crippen LogP contribution in [-0.4, -0.2) is 4.98 Å². The van der Waals surface area contributed by atoms with Crippen LogP contribution in [0.3, 0.4) is 0 Å². The number of nitriles is 1. The molecule has 0 aliphatic carbocycles. The van der Waals surface area contributed by atoms with E-state index in [2.05, 4.69) is 32.3 Å². The van der Waals surface area contributed by atoms with Crippen molar-refractivity contribution in [3.8, 4) is 6.07 Å². The zero-order chi connectivity index (χ0) is 12.3. The van der Waals surface area contributed by atoms with Crippen LogP contribution in [-0.2, 0) is 0 Å². The highest BCUT2D eigenvalue weighted by Crippen LogP contribution is 2.27. The second-order valence-corrected chi connectivity index (χ2v) is 4.53. The number of halogens is 2. The number of hydrogen-bond acceptors (Lipinski definition) is 3. The van der Waals surface area contributed by atoms with E-state index in [-0.39, 0.29) is 0 Å². The van der Waals surface area contributed by atoms with Gasteiger partial charge in [0.05, 0.1) is 10.6 Å². The van der Waals surface area contributed by atoms with Gasteiger partial charge in [0.2, 0.25) is 0 Å². The Morgan fingerprint density at radius 3 is 2.88 bits per heavy atom. The fourth-order valence-corrected chi connectivity index (χ4v) is 1.80. The molecule has 3 nitrogen and oxygen atoms in total. The fraction of sp³-hybridized carbons (Fsp3) is 0. The van der Waals surface area contributed by atoms with Gasteiger partial charge in [-0.15, -0.1) is 0 Å². The molecular formula is C12H7BrClN3. The molecule has 0 aliphatic rings. The van der Waals surface area contributed by atoms with Gasteiger partial charge in [-0.1, -0.05) is 11.6 Å². The van der Waals surface area contributed by atoms with Crippen LogP contribution >= 0.6 is 27.5 Å². The number of nitrogens with zero attached hydrogens (tertiary/aromatic N) is 2. The molecule has 0 aliphatic heterocycles. The Hall–Kier alpha value is -1.57. The van der Waals surface area contributed by atoms with Gasteiger partial charge in [0.15, 0.2) is 0 Å². The van der Waals surface area contributed by atoms with Crippen molar-refractivity contribution in [2.75, 3.05) is 5.32 Å². The van der Waals surface area contributed by atoms with Crippen LogP contribution in [0.15, 0.2) is 41.0 Å². The summed E-state index contributed by atoms with van der Waals surface area (Å²) in [4.78, 5) is 4.11. The van der Waals surface area contributed by atoms with Crippen LogP contribution in [0.4, 0.5) is 11.5 Å². The van der Waals surface area contributed by atoms with E-state index < -0.39 is 0 Å². The van der Waals surface area contributed by atoms with Gasteiger partial charge in [0, 0.05) is 16.4 Å². The molecule has 0 atom stereocenters. The smallest absolute Gasteiger partial charge is 0.148 e. The SMILES string of the molecule is N#Cc1cccnc1Nc1ccc(Cl)c(Br)c1. The number of nitrogens with one attached hydrogen (secondary N) is 1. The Labute approximate surface area is 112 Å². The van der Waals surface area contributed by atoms with Gasteiger partial charge in [-0.2, -0.15) is 5.26 Å². The lowest BCUT2D eigenvalue weighted by Crippen LogP contribution is -1.96. The maximum Gasteiger partial charge on any atom is 0.148 e. The quantitative estimate of drug-likeness (QED) is 0.908. The van der Waals surface area contributed by atoms with E-state index in [0.29, 0.717) is 16.4 Å². The van der Waals surface area contributed by atoms with Gasteiger partial charge in [-0.25, -0.2) is 4.98 Å². The fourth-order valence-electron chi connectivity index (χ4n) is 1.31. The molecule has 84 valence electrons. The molecular weight excluding hydrogens is 302 g/mol. The molecule has 5 heteroatoms. The summed E-state index contributed by atoms with van der Waals surface area (Å²) in [5.74, 6) is 0.532. The average molecular weight is 309 g/mol. The van der Waals surface area contributed by atoms with Gasteiger partial charge in [-0.3, -0.25) is 0 Å². The summed E-state index contributed by atoms with van der Waals surface area (Å²) in [6.07, 6.45) is 1.63. The summed E-state index contributed by atoms with van der Waals surface area (Å²) in [6, 6.07) is 10.9. The van der Waals surface area contributed by atoms with Crippen molar-refractivity contribution >= 4 is 39.0 Å². The van der Waals surface area contributed by atoms with E-state index in [1.54, 1.807) is 24.4 Å². The van der Waals surface area contributed by atoms with E-state index >= 15 is 0 Å². The lowest BCUT2D eigenvalue weighted by Gasteiger charge is -2.07. The number of aromatic nitrogens is 1. The molecule has 0 saturated heterocycles. The molecule has 0 fully saturated rings. The number of hydrogen-bond donors (Lipinski definition) is 1. The van der Waals surface area contributed by atoms with Gasteiger partial charge in [-0.05, 0) is 46.3 Å². The molecule has 0 spiro atoms. The Bertz CT molecular complexity index is 593. The third-order valence-corrected chi connectivity index (χ3v) is 3.32. The second kappa shape index (κ2) is 5.17. The third-order valence-electron chi connectivity index (χ3n) is 2.11. The zero-order valence-electron chi connectivity index (χ0n) is 8.61. The molecule has 1 heterocycles. The summed E-state index contributed by atoms with van der Waals surface area (Å²) >= 11 is 9.24. The minimum Gasteiger partial charge on any atom is -0.339 e. The lowest BCUT2D eigenvalue weighted by atomic mass is 10.2. The molecule has 0 amide bonds. The highest BCUT2D eigenvalue weighted by Gasteiger charge is 2.04. The Morgan fingerprint density at radius 2 is 2.18 bits per heavy atom. The summed E-state index contributed by atoms with van der Waals surface area (Å²) < 4.78 is 0.790. The maximum absolute atomic E-state index is 8.93. The average Bonchev–Trinajstić information content (AvgIpc) is 2.34. The molecule has 1 N–H and O–H groups in total. The van der Waals surface area contributed by atoms with Crippen molar-refractivity contribution in [1.82, 2.24) is 4.98 Å². The Morgan fingerprint density at radius 1 is 1.35 bits per heavy atom. The first-order valence-corrected chi connectivity index (χ1v) is 5.95. The van der Waals surface area contributed by atoms with Crippen molar-refractivity contribution < 1.29 is 0 Å². The topological polar surface area (TPSA) is 48.7 Å². The monoisotopic (exact) mass is 307 g/mol. The largest absolute Gasteiger partial charge is 0.339 e. The molecule has 2 rings (SSSR count). The van der Waals surface area contributed by atoms with Crippen LogP contribution in [0.1, 0.15) is 5.56 Å². The molecule has 0 radical (unpaired) electrons. The van der Waals surface area contributed by atoms with E-state index in [4.69, 9.17) is 16.9 Å². The first-order chi connectivity index (χ1) is 8.20. The predicted molar refractivity (Wildman–Crippen MR) is 71.4 cm³/mol. The van der Waals surface area contributed by atoms with E-state index in [0.717, 1.165) is 10.2 Å². The van der Waals surface area contributed by atoms with Gasteiger partial charge >= 0.3 is 0 Å².